The number of benzene rings is 3. The van der Waals surface area contributed by atoms with Crippen molar-refractivity contribution in [3.8, 4) is 28.5 Å². The van der Waals surface area contributed by atoms with Gasteiger partial charge in [-0.15, -0.1) is 0 Å². The number of anilines is 2. The van der Waals surface area contributed by atoms with Crippen molar-refractivity contribution in [2.75, 3.05) is 24.4 Å². The van der Waals surface area contributed by atoms with Crippen molar-refractivity contribution in [2.45, 2.75) is 0 Å². The number of furan rings is 1. The maximum absolute atomic E-state index is 5.64. The zero-order valence-corrected chi connectivity index (χ0v) is 19.5. The van der Waals surface area contributed by atoms with Gasteiger partial charge in [-0.1, -0.05) is 30.3 Å². The fraction of sp³-hybridized carbons (Fsp3) is 0.0741. The molecule has 2 heterocycles. The van der Waals surface area contributed by atoms with Gasteiger partial charge in [0.2, 0.25) is 0 Å². The van der Waals surface area contributed by atoms with Crippen molar-refractivity contribution in [1.29, 1.82) is 0 Å². The molecule has 0 aliphatic carbocycles. The number of hydrogen-bond donors (Lipinski definition) is 1. The molecule has 168 valence electrons. The highest BCUT2D eigenvalue weighted by molar-refractivity contribution is 7.80. The molecule has 0 fully saturated rings. The summed E-state index contributed by atoms with van der Waals surface area (Å²) in [5.74, 6) is 1.48. The summed E-state index contributed by atoms with van der Waals surface area (Å²) >= 11 is 5.64. The minimum atomic E-state index is 0.563. The SMILES string of the molecule is COc1ccc(N(C)C(=S)Nc2ccc3nc(-c4ccco4)c(-c4ccccc4)nc3c2)cc1. The summed E-state index contributed by atoms with van der Waals surface area (Å²) in [6.45, 7) is 0. The van der Waals surface area contributed by atoms with E-state index in [1.807, 2.05) is 96.9 Å². The molecule has 0 saturated heterocycles. The van der Waals surface area contributed by atoms with E-state index < -0.39 is 0 Å². The second kappa shape index (κ2) is 9.33. The third-order valence-electron chi connectivity index (χ3n) is 5.48. The molecule has 5 rings (SSSR count). The third-order valence-corrected chi connectivity index (χ3v) is 5.86. The quantitative estimate of drug-likeness (QED) is 0.301. The molecule has 5 aromatic rings. The van der Waals surface area contributed by atoms with Gasteiger partial charge in [-0.2, -0.15) is 0 Å². The zero-order valence-electron chi connectivity index (χ0n) is 18.7. The molecule has 34 heavy (non-hydrogen) atoms. The van der Waals surface area contributed by atoms with Crippen LogP contribution in [-0.2, 0) is 0 Å². The van der Waals surface area contributed by atoms with E-state index >= 15 is 0 Å². The Bertz CT molecular complexity index is 1440. The van der Waals surface area contributed by atoms with Crippen LogP contribution in [0.4, 0.5) is 11.4 Å². The van der Waals surface area contributed by atoms with Crippen molar-refractivity contribution in [3.63, 3.8) is 0 Å². The van der Waals surface area contributed by atoms with Crippen molar-refractivity contribution in [1.82, 2.24) is 9.97 Å². The number of hydrogen-bond acceptors (Lipinski definition) is 5. The van der Waals surface area contributed by atoms with Crippen LogP contribution in [0, 0.1) is 0 Å². The van der Waals surface area contributed by atoms with Crippen molar-refractivity contribution < 1.29 is 9.15 Å². The molecule has 0 atom stereocenters. The highest BCUT2D eigenvalue weighted by atomic mass is 32.1. The fourth-order valence-corrected chi connectivity index (χ4v) is 3.87. The van der Waals surface area contributed by atoms with E-state index in [0.717, 1.165) is 39.4 Å². The normalized spacial score (nSPS) is 10.8. The summed E-state index contributed by atoms with van der Waals surface area (Å²) < 4.78 is 10.9. The Kier molecular flexibility index (Phi) is 5.93. The van der Waals surface area contributed by atoms with Gasteiger partial charge in [0.25, 0.3) is 0 Å². The Hall–Kier alpha value is -4.23. The largest absolute Gasteiger partial charge is 0.497 e. The number of nitrogens with one attached hydrogen (secondary N) is 1. The second-order valence-electron chi connectivity index (χ2n) is 7.65. The first kappa shape index (κ1) is 21.6. The predicted octanol–water partition coefficient (Wildman–Crippen LogP) is 6.40. The number of aromatic nitrogens is 2. The molecule has 6 nitrogen and oxygen atoms in total. The van der Waals surface area contributed by atoms with Gasteiger partial charge in [0.15, 0.2) is 10.9 Å². The summed E-state index contributed by atoms with van der Waals surface area (Å²) in [5, 5.41) is 3.87. The molecule has 2 aromatic heterocycles. The average molecular weight is 467 g/mol. The molecule has 0 aliphatic rings. The van der Waals surface area contributed by atoms with E-state index in [0.29, 0.717) is 16.6 Å². The summed E-state index contributed by atoms with van der Waals surface area (Å²) in [4.78, 5) is 11.7. The average Bonchev–Trinajstić information content (AvgIpc) is 3.43. The van der Waals surface area contributed by atoms with E-state index in [9.17, 15) is 0 Å². The van der Waals surface area contributed by atoms with Gasteiger partial charge in [-0.05, 0) is 66.8 Å². The van der Waals surface area contributed by atoms with Gasteiger partial charge in [-0.25, -0.2) is 9.97 Å². The molecule has 3 aromatic carbocycles. The van der Waals surface area contributed by atoms with Crippen molar-refractivity contribution in [3.05, 3.63) is 91.2 Å². The molecule has 7 heteroatoms. The first-order chi connectivity index (χ1) is 16.6. The monoisotopic (exact) mass is 466 g/mol. The van der Waals surface area contributed by atoms with Gasteiger partial charge in [-0.3, -0.25) is 0 Å². The summed E-state index contributed by atoms with van der Waals surface area (Å²) in [6.07, 6.45) is 1.64. The molecular weight excluding hydrogens is 444 g/mol. The van der Waals surface area contributed by atoms with Crippen molar-refractivity contribution >= 4 is 39.7 Å². The predicted molar refractivity (Wildman–Crippen MR) is 140 cm³/mol. The Balaban J connectivity index is 1.48. The molecule has 0 spiro atoms. The standard InChI is InChI=1S/C27H22N4O2S/c1-31(20-11-13-21(32-2)14-12-20)27(34)28-19-10-15-22-23(17-19)30-25(18-7-4-3-5-8-18)26(29-22)24-9-6-16-33-24/h3-17H,1-2H3,(H,28,34). The number of ether oxygens (including phenoxy) is 1. The van der Waals surface area contributed by atoms with Gasteiger partial charge >= 0.3 is 0 Å². The van der Waals surface area contributed by atoms with Crippen LogP contribution in [0.2, 0.25) is 0 Å². The molecule has 0 radical (unpaired) electrons. The lowest BCUT2D eigenvalue weighted by Crippen LogP contribution is -2.30. The molecular formula is C27H22N4O2S. The van der Waals surface area contributed by atoms with Crippen LogP contribution < -0.4 is 15.0 Å². The molecule has 0 saturated carbocycles. The number of methoxy groups -OCH3 is 1. The highest BCUT2D eigenvalue weighted by Gasteiger charge is 2.16. The molecule has 1 N–H and O–H groups in total. The van der Waals surface area contributed by atoms with Crippen LogP contribution in [0.1, 0.15) is 0 Å². The Labute approximate surface area is 202 Å². The lowest BCUT2D eigenvalue weighted by atomic mass is 10.1. The Morgan fingerprint density at radius 2 is 1.65 bits per heavy atom. The number of nitrogens with zero attached hydrogens (tertiary/aromatic N) is 3. The zero-order chi connectivity index (χ0) is 23.5. The van der Waals surface area contributed by atoms with E-state index in [4.69, 9.17) is 31.3 Å². The highest BCUT2D eigenvalue weighted by Crippen LogP contribution is 2.32. The molecule has 0 unspecified atom stereocenters. The summed E-state index contributed by atoms with van der Waals surface area (Å²) in [7, 11) is 3.56. The van der Waals surface area contributed by atoms with Gasteiger partial charge in [0.1, 0.15) is 17.1 Å². The van der Waals surface area contributed by atoms with Gasteiger partial charge in [0.05, 0.1) is 24.4 Å². The van der Waals surface area contributed by atoms with E-state index in [2.05, 4.69) is 5.32 Å². The van der Waals surface area contributed by atoms with Crippen molar-refractivity contribution in [2.24, 2.45) is 0 Å². The lowest BCUT2D eigenvalue weighted by molar-refractivity contribution is 0.415. The van der Waals surface area contributed by atoms with E-state index in [1.165, 1.54) is 0 Å². The van der Waals surface area contributed by atoms with Gasteiger partial charge in [0, 0.05) is 24.0 Å². The number of thiocarbonyl (C=S) groups is 1. The molecule has 0 amide bonds. The Morgan fingerprint density at radius 1 is 0.882 bits per heavy atom. The fourth-order valence-electron chi connectivity index (χ4n) is 3.64. The minimum Gasteiger partial charge on any atom is -0.497 e. The van der Waals surface area contributed by atoms with Crippen LogP contribution in [0.3, 0.4) is 0 Å². The minimum absolute atomic E-state index is 0.563. The maximum Gasteiger partial charge on any atom is 0.177 e. The first-order valence-electron chi connectivity index (χ1n) is 10.7. The van der Waals surface area contributed by atoms with Crippen LogP contribution in [-0.4, -0.2) is 29.2 Å². The lowest BCUT2D eigenvalue weighted by Gasteiger charge is -2.21. The van der Waals surface area contributed by atoms with Crippen LogP contribution >= 0.6 is 12.2 Å². The van der Waals surface area contributed by atoms with E-state index in [1.54, 1.807) is 13.4 Å². The van der Waals surface area contributed by atoms with Crippen LogP contribution in [0.5, 0.6) is 5.75 Å². The molecule has 0 bridgehead atoms. The number of rotatable bonds is 5. The summed E-state index contributed by atoms with van der Waals surface area (Å²) in [5.41, 5.74) is 5.75. The van der Waals surface area contributed by atoms with E-state index in [-0.39, 0.29) is 0 Å². The summed E-state index contributed by atoms with van der Waals surface area (Å²) in [6, 6.07) is 27.3. The Morgan fingerprint density at radius 3 is 2.35 bits per heavy atom. The topological polar surface area (TPSA) is 63.4 Å². The second-order valence-corrected chi connectivity index (χ2v) is 8.04. The molecule has 0 aliphatic heterocycles. The first-order valence-corrected chi connectivity index (χ1v) is 11.1. The smallest absolute Gasteiger partial charge is 0.177 e. The maximum atomic E-state index is 5.64. The van der Waals surface area contributed by atoms with Crippen LogP contribution in [0.25, 0.3) is 33.7 Å². The van der Waals surface area contributed by atoms with Crippen LogP contribution in [0.15, 0.2) is 95.6 Å². The number of fused-ring (bicyclic) bond motifs is 1. The third kappa shape index (κ3) is 4.33. The van der Waals surface area contributed by atoms with Gasteiger partial charge < -0.3 is 19.4 Å².